The van der Waals surface area contributed by atoms with Crippen molar-refractivity contribution in [1.29, 1.82) is 0 Å². The summed E-state index contributed by atoms with van der Waals surface area (Å²) in [6, 6.07) is 0.121. The highest BCUT2D eigenvalue weighted by atomic mass is 32.2. The van der Waals surface area contributed by atoms with Gasteiger partial charge in [0.15, 0.2) is 0 Å². The van der Waals surface area contributed by atoms with Crippen molar-refractivity contribution in [2.24, 2.45) is 11.8 Å². The van der Waals surface area contributed by atoms with Gasteiger partial charge in [0.05, 0.1) is 6.61 Å². The highest BCUT2D eigenvalue weighted by Crippen LogP contribution is 2.27. The van der Waals surface area contributed by atoms with Gasteiger partial charge >= 0.3 is 0 Å². The lowest BCUT2D eigenvalue weighted by Crippen LogP contribution is -2.41. The van der Waals surface area contributed by atoms with Gasteiger partial charge in [-0.25, -0.2) is 0 Å². The highest BCUT2D eigenvalue weighted by Gasteiger charge is 2.28. The molecule has 1 fully saturated rings. The van der Waals surface area contributed by atoms with Gasteiger partial charge in [0, 0.05) is 30.7 Å². The molecule has 1 aliphatic carbocycles. The number of amides is 2. The molecule has 0 aromatic rings. The lowest BCUT2D eigenvalue weighted by Gasteiger charge is -2.29. The van der Waals surface area contributed by atoms with Gasteiger partial charge < -0.3 is 19.6 Å². The third-order valence-electron chi connectivity index (χ3n) is 4.17. The molecule has 0 spiro atoms. The summed E-state index contributed by atoms with van der Waals surface area (Å²) in [5.74, 6) is 0.185. The van der Waals surface area contributed by atoms with E-state index < -0.39 is 0 Å². The minimum atomic E-state index is -0.213. The van der Waals surface area contributed by atoms with Gasteiger partial charge in [-0.15, -0.1) is 0 Å². The molecule has 144 valence electrons. The van der Waals surface area contributed by atoms with Crippen molar-refractivity contribution in [2.45, 2.75) is 45.6 Å². The maximum atomic E-state index is 12.0. The van der Waals surface area contributed by atoms with Gasteiger partial charge in [-0.05, 0) is 37.7 Å². The van der Waals surface area contributed by atoms with E-state index in [9.17, 15) is 14.4 Å². The first-order valence-electron chi connectivity index (χ1n) is 8.77. The third kappa shape index (κ3) is 9.23. The summed E-state index contributed by atoms with van der Waals surface area (Å²) in [4.78, 5) is 35.1. The molecule has 8 heteroatoms. The summed E-state index contributed by atoms with van der Waals surface area (Å²) in [6.45, 7) is 4.46. The molecule has 2 N–H and O–H groups in total. The molecule has 0 radical (unpaired) electrons. The van der Waals surface area contributed by atoms with E-state index in [0.717, 1.165) is 37.7 Å². The first-order chi connectivity index (χ1) is 11.9. The molecule has 7 nitrogen and oxygen atoms in total. The number of hydrogen-bond acceptors (Lipinski definition) is 6. The zero-order valence-corrected chi connectivity index (χ0v) is 16.2. The van der Waals surface area contributed by atoms with Crippen LogP contribution in [0.2, 0.25) is 0 Å². The Bertz CT molecular complexity index is 437. The van der Waals surface area contributed by atoms with Crippen LogP contribution >= 0.6 is 12.0 Å². The number of carbonyl (C=O) groups is 3. The number of rotatable bonds is 11. The fourth-order valence-corrected chi connectivity index (χ4v) is 3.08. The zero-order chi connectivity index (χ0) is 18.7. The van der Waals surface area contributed by atoms with Crippen molar-refractivity contribution < 1.29 is 23.3 Å². The second-order valence-electron chi connectivity index (χ2n) is 6.50. The van der Waals surface area contributed by atoms with Crippen LogP contribution in [0.5, 0.6) is 0 Å². The molecule has 0 unspecified atom stereocenters. The molecule has 1 aliphatic rings. The molecule has 0 heterocycles. The predicted molar refractivity (Wildman–Crippen MR) is 97.0 cm³/mol. The van der Waals surface area contributed by atoms with E-state index in [0.29, 0.717) is 12.3 Å². The lowest BCUT2D eigenvalue weighted by atomic mass is 9.80. The van der Waals surface area contributed by atoms with Crippen LogP contribution in [0, 0.1) is 11.8 Å². The maximum Gasteiger partial charge on any atom is 0.247 e. The van der Waals surface area contributed by atoms with E-state index in [2.05, 4.69) is 10.6 Å². The van der Waals surface area contributed by atoms with E-state index >= 15 is 0 Å². The largest absolute Gasteiger partial charge is 0.370 e. The molecule has 2 amide bonds. The molecule has 0 bridgehead atoms. The third-order valence-corrected chi connectivity index (χ3v) is 4.53. The second kappa shape index (κ2) is 12.3. The lowest BCUT2D eigenvalue weighted by molar-refractivity contribution is -0.127. The van der Waals surface area contributed by atoms with Crippen molar-refractivity contribution in [1.82, 2.24) is 10.6 Å². The van der Waals surface area contributed by atoms with Crippen LogP contribution < -0.4 is 10.6 Å². The van der Waals surface area contributed by atoms with Crippen molar-refractivity contribution in [3.63, 3.8) is 0 Å². The summed E-state index contributed by atoms with van der Waals surface area (Å²) in [5.41, 5.74) is 0. The van der Waals surface area contributed by atoms with E-state index in [1.807, 2.05) is 13.8 Å². The van der Waals surface area contributed by atoms with Crippen LogP contribution in [-0.4, -0.2) is 56.3 Å². The Kier molecular flexibility index (Phi) is 10.8. The molecule has 1 saturated carbocycles. The summed E-state index contributed by atoms with van der Waals surface area (Å²) in [6.07, 6.45) is 5.09. The zero-order valence-electron chi connectivity index (χ0n) is 15.3. The highest BCUT2D eigenvalue weighted by molar-refractivity contribution is 7.93. The van der Waals surface area contributed by atoms with Gasteiger partial charge in [-0.1, -0.05) is 13.8 Å². The molecular weight excluding hydrogens is 344 g/mol. The first kappa shape index (κ1) is 21.9. The molecule has 0 aromatic carbocycles. The number of carbonyl (C=O) groups excluding carboxylic acids is 3. The van der Waals surface area contributed by atoms with Crippen LogP contribution in [0.15, 0.2) is 0 Å². The second-order valence-corrected chi connectivity index (χ2v) is 7.07. The van der Waals surface area contributed by atoms with Crippen LogP contribution in [0.3, 0.4) is 0 Å². The quantitative estimate of drug-likeness (QED) is 0.418. The monoisotopic (exact) mass is 374 g/mol. The van der Waals surface area contributed by atoms with Gasteiger partial charge in [-0.3, -0.25) is 14.4 Å². The topological polar surface area (TPSA) is 93.7 Å². The Labute approximate surface area is 154 Å². The molecule has 0 aromatic heterocycles. The van der Waals surface area contributed by atoms with Crippen molar-refractivity contribution in [2.75, 3.05) is 32.6 Å². The first-order valence-corrected chi connectivity index (χ1v) is 9.92. The van der Waals surface area contributed by atoms with Crippen LogP contribution in [0.4, 0.5) is 0 Å². The minimum absolute atomic E-state index is 0.00361. The van der Waals surface area contributed by atoms with Crippen molar-refractivity contribution >= 4 is 29.6 Å². The van der Waals surface area contributed by atoms with E-state index in [1.54, 1.807) is 6.26 Å². The van der Waals surface area contributed by atoms with Crippen molar-refractivity contribution in [3.8, 4) is 0 Å². The summed E-state index contributed by atoms with van der Waals surface area (Å²) >= 11 is 1.13. The van der Waals surface area contributed by atoms with Gasteiger partial charge in [0.1, 0.15) is 19.0 Å². The van der Waals surface area contributed by atoms with Crippen LogP contribution in [0.25, 0.3) is 0 Å². The fourth-order valence-electron chi connectivity index (χ4n) is 2.85. The SMILES string of the molecule is CSOCC(=O)NCCOCC(=O)NC1CCC(C(=O)C(C)C)CC1. The van der Waals surface area contributed by atoms with Crippen LogP contribution in [-0.2, 0) is 23.3 Å². The Morgan fingerprint density at radius 1 is 1.08 bits per heavy atom. The van der Waals surface area contributed by atoms with E-state index in [4.69, 9.17) is 8.92 Å². The maximum absolute atomic E-state index is 12.0. The number of nitrogens with one attached hydrogen (secondary N) is 2. The average molecular weight is 375 g/mol. The van der Waals surface area contributed by atoms with Crippen LogP contribution in [0.1, 0.15) is 39.5 Å². The van der Waals surface area contributed by atoms with E-state index in [-0.39, 0.29) is 49.5 Å². The minimum Gasteiger partial charge on any atom is -0.370 e. The number of ketones is 1. The Morgan fingerprint density at radius 2 is 1.76 bits per heavy atom. The molecule has 25 heavy (non-hydrogen) atoms. The molecular formula is C17H30N2O5S. The van der Waals surface area contributed by atoms with Crippen molar-refractivity contribution in [3.05, 3.63) is 0 Å². The smallest absolute Gasteiger partial charge is 0.247 e. The molecule has 0 saturated heterocycles. The normalized spacial score (nSPS) is 20.3. The van der Waals surface area contributed by atoms with Gasteiger partial charge in [-0.2, -0.15) is 0 Å². The molecule has 0 atom stereocenters. The summed E-state index contributed by atoms with van der Waals surface area (Å²) in [7, 11) is 0. The predicted octanol–water partition coefficient (Wildman–Crippen LogP) is 1.31. The fraction of sp³-hybridized carbons (Fsp3) is 0.824. The number of hydrogen-bond donors (Lipinski definition) is 2. The Morgan fingerprint density at radius 3 is 2.36 bits per heavy atom. The standard InChI is InChI=1S/C17H30N2O5S/c1-12(2)17(22)13-4-6-14(7-5-13)19-16(21)10-23-9-8-18-15(20)11-24-25-3/h12-14H,4-11H2,1-3H3,(H,18,20)(H,19,21). The molecule has 1 rings (SSSR count). The number of Topliss-reactive ketones (excluding diaryl/α,β-unsaturated/α-hetero) is 1. The molecule has 0 aliphatic heterocycles. The average Bonchev–Trinajstić information content (AvgIpc) is 2.59. The van der Waals surface area contributed by atoms with E-state index in [1.165, 1.54) is 0 Å². The number of ether oxygens (including phenoxy) is 1. The summed E-state index contributed by atoms with van der Waals surface area (Å²) < 4.78 is 10.1. The van der Waals surface area contributed by atoms with Gasteiger partial charge in [0.2, 0.25) is 11.8 Å². The Balaban J connectivity index is 2.08. The van der Waals surface area contributed by atoms with Gasteiger partial charge in [0.25, 0.3) is 0 Å². The summed E-state index contributed by atoms with van der Waals surface area (Å²) in [5, 5.41) is 5.58. The Hall–Kier alpha value is -1.12.